The van der Waals surface area contributed by atoms with Crippen molar-refractivity contribution in [3.63, 3.8) is 0 Å². The number of hydrogen-bond acceptors (Lipinski definition) is 4. The summed E-state index contributed by atoms with van der Waals surface area (Å²) >= 11 is 0. The Morgan fingerprint density at radius 2 is 2.50 bits per heavy atom. The van der Waals surface area contributed by atoms with Gasteiger partial charge in [-0.05, 0) is 5.92 Å². The highest BCUT2D eigenvalue weighted by atomic mass is 16.1. The second-order valence-electron chi connectivity index (χ2n) is 3.21. The summed E-state index contributed by atoms with van der Waals surface area (Å²) in [5.74, 6) is 0.306. The van der Waals surface area contributed by atoms with Crippen molar-refractivity contribution in [3.05, 3.63) is 0 Å². The van der Waals surface area contributed by atoms with Crippen molar-refractivity contribution < 1.29 is 4.79 Å². The lowest BCUT2D eigenvalue weighted by molar-refractivity contribution is -0.110. The molecule has 2 atom stereocenters. The van der Waals surface area contributed by atoms with E-state index >= 15 is 0 Å². The molecule has 0 amide bonds. The lowest BCUT2D eigenvalue weighted by Gasteiger charge is -2.19. The fourth-order valence-electron chi connectivity index (χ4n) is 1.05. The Morgan fingerprint density at radius 1 is 1.75 bits per heavy atom. The van der Waals surface area contributed by atoms with Crippen LogP contribution in [0.15, 0.2) is 4.99 Å². The number of carbonyl (C=O) groups is 1. The molecule has 4 heteroatoms. The Kier molecular flexibility index (Phi) is 3.37. The minimum atomic E-state index is -0.113. The predicted octanol–water partition coefficient (Wildman–Crippen LogP) is -0.243. The summed E-state index contributed by atoms with van der Waals surface area (Å²) in [5.41, 5.74) is 0. The number of carbonyl (C=O) groups excluding carboxylic acids is 1. The number of rotatable bonds is 4. The molecule has 0 aliphatic carbocycles. The van der Waals surface area contributed by atoms with Gasteiger partial charge in [0.05, 0.1) is 6.04 Å². The van der Waals surface area contributed by atoms with Crippen LogP contribution < -0.4 is 10.6 Å². The molecule has 1 heterocycles. The molecule has 4 nitrogen and oxygen atoms in total. The van der Waals surface area contributed by atoms with E-state index in [0.717, 1.165) is 12.8 Å². The molecular weight excluding hydrogens is 154 g/mol. The van der Waals surface area contributed by atoms with Crippen molar-refractivity contribution in [1.82, 2.24) is 10.6 Å². The van der Waals surface area contributed by atoms with Gasteiger partial charge in [0, 0.05) is 12.8 Å². The largest absolute Gasteiger partial charge is 0.302 e. The summed E-state index contributed by atoms with van der Waals surface area (Å²) in [6, 6.07) is -0.113. The topological polar surface area (TPSA) is 53.5 Å². The molecule has 0 aromatic rings. The maximum Gasteiger partial charge on any atom is 0.154 e. The third-order valence-electron chi connectivity index (χ3n) is 1.87. The van der Waals surface area contributed by atoms with Gasteiger partial charge in [-0.3, -0.25) is 15.6 Å². The predicted molar refractivity (Wildman–Crippen MR) is 48.1 cm³/mol. The molecule has 1 aliphatic heterocycles. The monoisotopic (exact) mass is 169 g/mol. The highest BCUT2D eigenvalue weighted by molar-refractivity contribution is 5.62. The number of nitrogens with zero attached hydrogens (tertiary/aromatic N) is 1. The minimum absolute atomic E-state index is 0.0809. The highest BCUT2D eigenvalue weighted by Crippen LogP contribution is 2.00. The normalized spacial score (nSPS) is 24.8. The molecule has 0 aromatic heterocycles. The smallest absolute Gasteiger partial charge is 0.154 e. The maximum atomic E-state index is 10.6. The summed E-state index contributed by atoms with van der Waals surface area (Å²) in [6.07, 6.45) is 2.66. The van der Waals surface area contributed by atoms with E-state index in [0.29, 0.717) is 5.92 Å². The molecule has 0 spiro atoms. The number of aldehydes is 1. The second-order valence-corrected chi connectivity index (χ2v) is 3.21. The minimum Gasteiger partial charge on any atom is -0.302 e. The average molecular weight is 169 g/mol. The zero-order valence-electron chi connectivity index (χ0n) is 7.45. The van der Waals surface area contributed by atoms with Gasteiger partial charge >= 0.3 is 0 Å². The van der Waals surface area contributed by atoms with Crippen molar-refractivity contribution >= 4 is 12.5 Å². The third-order valence-corrected chi connectivity index (χ3v) is 1.87. The molecular formula is C8H15N3O. The Labute approximate surface area is 72.4 Å². The van der Waals surface area contributed by atoms with Crippen molar-refractivity contribution in [2.24, 2.45) is 10.9 Å². The maximum absolute atomic E-state index is 10.6. The van der Waals surface area contributed by atoms with Gasteiger partial charge < -0.3 is 4.79 Å². The summed E-state index contributed by atoms with van der Waals surface area (Å²) in [4.78, 5) is 14.7. The van der Waals surface area contributed by atoms with Crippen LogP contribution in [0.5, 0.6) is 0 Å². The Morgan fingerprint density at radius 3 is 2.92 bits per heavy atom. The van der Waals surface area contributed by atoms with Gasteiger partial charge in [0.15, 0.2) is 6.29 Å². The molecule has 1 rings (SSSR count). The van der Waals surface area contributed by atoms with Gasteiger partial charge in [-0.1, -0.05) is 13.8 Å². The van der Waals surface area contributed by atoms with Crippen LogP contribution in [-0.4, -0.2) is 31.4 Å². The van der Waals surface area contributed by atoms with Crippen molar-refractivity contribution in [1.29, 1.82) is 0 Å². The lowest BCUT2D eigenvalue weighted by atomic mass is 10.1. The zero-order chi connectivity index (χ0) is 8.97. The Balaban J connectivity index is 2.36. The molecule has 0 radical (unpaired) electrons. The van der Waals surface area contributed by atoms with E-state index in [1.807, 2.05) is 13.8 Å². The van der Waals surface area contributed by atoms with E-state index in [2.05, 4.69) is 15.6 Å². The van der Waals surface area contributed by atoms with E-state index in [-0.39, 0.29) is 12.3 Å². The van der Waals surface area contributed by atoms with Gasteiger partial charge in [0.25, 0.3) is 0 Å². The molecule has 0 aromatic carbocycles. The van der Waals surface area contributed by atoms with Crippen LogP contribution in [-0.2, 0) is 4.79 Å². The molecule has 0 bridgehead atoms. The summed E-state index contributed by atoms with van der Waals surface area (Å²) < 4.78 is 0. The first-order valence-corrected chi connectivity index (χ1v) is 4.20. The van der Waals surface area contributed by atoms with Crippen LogP contribution in [0.25, 0.3) is 0 Å². The summed E-state index contributed by atoms with van der Waals surface area (Å²) in [5, 5.41) is 6.17. The second kappa shape index (κ2) is 4.33. The van der Waals surface area contributed by atoms with Crippen molar-refractivity contribution in [3.8, 4) is 0 Å². The van der Waals surface area contributed by atoms with Crippen molar-refractivity contribution in [2.45, 2.75) is 26.2 Å². The third kappa shape index (κ3) is 2.39. The van der Waals surface area contributed by atoms with E-state index in [4.69, 9.17) is 0 Å². The molecule has 68 valence electrons. The lowest BCUT2D eigenvalue weighted by Crippen LogP contribution is -2.46. The van der Waals surface area contributed by atoms with E-state index in [1.54, 1.807) is 6.21 Å². The van der Waals surface area contributed by atoms with E-state index < -0.39 is 0 Å². The Bertz CT molecular complexity index is 179. The SMILES string of the molecule is CC(C)[C@H](C=O)NC1N=CCN1. The molecule has 0 saturated heterocycles. The van der Waals surface area contributed by atoms with Gasteiger partial charge in [-0.15, -0.1) is 0 Å². The zero-order valence-corrected chi connectivity index (χ0v) is 7.45. The fourth-order valence-corrected chi connectivity index (χ4v) is 1.05. The number of aliphatic imine (C=N–C) groups is 1. The summed E-state index contributed by atoms with van der Waals surface area (Å²) in [6.45, 7) is 4.79. The van der Waals surface area contributed by atoms with Crippen LogP contribution in [0, 0.1) is 5.92 Å². The van der Waals surface area contributed by atoms with Crippen LogP contribution in [0.1, 0.15) is 13.8 Å². The summed E-state index contributed by atoms with van der Waals surface area (Å²) in [7, 11) is 0. The molecule has 1 unspecified atom stereocenters. The number of hydrogen-bond donors (Lipinski definition) is 2. The van der Waals surface area contributed by atoms with Crippen molar-refractivity contribution in [2.75, 3.05) is 6.54 Å². The van der Waals surface area contributed by atoms with Gasteiger partial charge in [-0.2, -0.15) is 0 Å². The standard InChI is InChI=1S/C8H15N3O/c1-6(2)7(5-12)11-8-9-3-4-10-8/h3,5-8,10-11H,4H2,1-2H3/t7-,8?/m0/s1. The van der Waals surface area contributed by atoms with Gasteiger partial charge in [0.2, 0.25) is 0 Å². The molecule has 1 aliphatic rings. The molecule has 2 N–H and O–H groups in total. The van der Waals surface area contributed by atoms with Crippen LogP contribution >= 0.6 is 0 Å². The van der Waals surface area contributed by atoms with Crippen LogP contribution in [0.3, 0.4) is 0 Å². The first-order chi connectivity index (χ1) is 5.74. The van der Waals surface area contributed by atoms with E-state index in [1.165, 1.54) is 0 Å². The highest BCUT2D eigenvalue weighted by Gasteiger charge is 2.17. The first kappa shape index (κ1) is 9.35. The first-order valence-electron chi connectivity index (χ1n) is 4.20. The van der Waals surface area contributed by atoms with Gasteiger partial charge in [-0.25, -0.2) is 0 Å². The molecule has 12 heavy (non-hydrogen) atoms. The molecule has 0 saturated carbocycles. The van der Waals surface area contributed by atoms with Gasteiger partial charge in [0.1, 0.15) is 6.29 Å². The number of nitrogens with one attached hydrogen (secondary N) is 2. The fraction of sp³-hybridized carbons (Fsp3) is 0.750. The Hall–Kier alpha value is -0.740. The van der Waals surface area contributed by atoms with Crippen LogP contribution in [0.2, 0.25) is 0 Å². The van der Waals surface area contributed by atoms with E-state index in [9.17, 15) is 4.79 Å². The quantitative estimate of drug-likeness (QED) is 0.571. The van der Waals surface area contributed by atoms with Crippen LogP contribution in [0.4, 0.5) is 0 Å². The average Bonchev–Trinajstić information content (AvgIpc) is 2.51. The molecule has 0 fully saturated rings.